The quantitative estimate of drug-likeness (QED) is 0.602. The number of aryl methyl sites for hydroxylation is 1. The third kappa shape index (κ3) is 4.16. The molecule has 4 rings (SSSR count). The zero-order valence-electron chi connectivity index (χ0n) is 17.1. The Bertz CT molecular complexity index is 1120. The highest BCUT2D eigenvalue weighted by molar-refractivity contribution is 7.89. The highest BCUT2D eigenvalue weighted by Crippen LogP contribution is 2.26. The third-order valence-corrected chi connectivity index (χ3v) is 7.88. The monoisotopic (exact) mass is 444 g/mol. The van der Waals surface area contributed by atoms with E-state index >= 15 is 0 Å². The van der Waals surface area contributed by atoms with Gasteiger partial charge < -0.3 is 0 Å². The van der Waals surface area contributed by atoms with Crippen LogP contribution < -0.4 is 0 Å². The maximum atomic E-state index is 13.4. The zero-order valence-corrected chi connectivity index (χ0v) is 18.7. The van der Waals surface area contributed by atoms with Crippen molar-refractivity contribution < 1.29 is 8.42 Å². The van der Waals surface area contributed by atoms with Crippen molar-refractivity contribution in [1.29, 1.82) is 0 Å². The molecule has 3 aromatic rings. The molecule has 0 radical (unpaired) electrons. The van der Waals surface area contributed by atoms with Gasteiger partial charge in [0.1, 0.15) is 4.90 Å². The molecule has 6 nitrogen and oxygen atoms in total. The van der Waals surface area contributed by atoms with Crippen LogP contribution in [0.1, 0.15) is 17.0 Å². The number of benzene rings is 2. The average molecular weight is 445 g/mol. The molecule has 0 N–H and O–H groups in total. The summed E-state index contributed by atoms with van der Waals surface area (Å²) in [7, 11) is -3.61. The molecule has 1 aliphatic rings. The lowest BCUT2D eigenvalue weighted by atomic mass is 10.2. The van der Waals surface area contributed by atoms with Crippen LogP contribution in [0.25, 0.3) is 5.69 Å². The topological polar surface area (TPSA) is 58.4 Å². The summed E-state index contributed by atoms with van der Waals surface area (Å²) in [5, 5.41) is 5.23. The lowest BCUT2D eigenvalue weighted by Crippen LogP contribution is -2.48. The fraction of sp³-hybridized carbons (Fsp3) is 0.318. The van der Waals surface area contributed by atoms with Crippen LogP contribution in [0.5, 0.6) is 0 Å². The second kappa shape index (κ2) is 8.51. The van der Waals surface area contributed by atoms with E-state index in [-0.39, 0.29) is 0 Å². The van der Waals surface area contributed by atoms with Gasteiger partial charge >= 0.3 is 0 Å². The molecule has 0 aliphatic carbocycles. The summed E-state index contributed by atoms with van der Waals surface area (Å²) < 4.78 is 30.1. The predicted molar refractivity (Wildman–Crippen MR) is 119 cm³/mol. The molecule has 8 heteroatoms. The van der Waals surface area contributed by atoms with Crippen LogP contribution in [0.4, 0.5) is 0 Å². The van der Waals surface area contributed by atoms with E-state index < -0.39 is 10.0 Å². The fourth-order valence-electron chi connectivity index (χ4n) is 3.93. The van der Waals surface area contributed by atoms with Crippen molar-refractivity contribution >= 4 is 21.6 Å². The number of nitrogens with zero attached hydrogens (tertiary/aromatic N) is 4. The first kappa shape index (κ1) is 21.1. The number of aromatic nitrogens is 2. The summed E-state index contributed by atoms with van der Waals surface area (Å²) in [6.45, 7) is 6.66. The molecule has 0 atom stereocenters. The van der Waals surface area contributed by atoms with Crippen molar-refractivity contribution in [2.75, 3.05) is 26.2 Å². The van der Waals surface area contributed by atoms with Crippen molar-refractivity contribution in [2.24, 2.45) is 0 Å². The van der Waals surface area contributed by atoms with E-state index in [1.54, 1.807) is 15.9 Å². The smallest absolute Gasteiger partial charge is 0.246 e. The Morgan fingerprint density at radius 2 is 1.57 bits per heavy atom. The molecule has 0 spiro atoms. The van der Waals surface area contributed by atoms with E-state index in [0.717, 1.165) is 17.3 Å². The highest BCUT2D eigenvalue weighted by Gasteiger charge is 2.33. The molecule has 0 amide bonds. The standard InChI is InChI=1S/C22H25ClN4O2S/c1-17-22(18(2)27(24-17)21-6-4-3-5-7-21)30(28,29)26-14-12-25(13-15-26)16-19-8-10-20(23)11-9-19/h3-11H,12-16H2,1-2H3. The molecule has 2 aromatic carbocycles. The molecule has 1 fully saturated rings. The van der Waals surface area contributed by atoms with Gasteiger partial charge in [0, 0.05) is 37.7 Å². The number of para-hydroxylation sites is 1. The first-order valence-electron chi connectivity index (χ1n) is 9.95. The van der Waals surface area contributed by atoms with Crippen LogP contribution in [0.2, 0.25) is 5.02 Å². The van der Waals surface area contributed by atoms with Crippen LogP contribution in [0, 0.1) is 13.8 Å². The molecule has 0 saturated carbocycles. The van der Waals surface area contributed by atoms with E-state index in [1.807, 2.05) is 61.5 Å². The summed E-state index contributed by atoms with van der Waals surface area (Å²) in [6.07, 6.45) is 0. The minimum absolute atomic E-state index is 0.317. The van der Waals surface area contributed by atoms with Crippen LogP contribution in [0.3, 0.4) is 0 Å². The summed E-state index contributed by atoms with van der Waals surface area (Å²) in [5.74, 6) is 0. The van der Waals surface area contributed by atoms with Gasteiger partial charge in [0.05, 0.1) is 17.1 Å². The van der Waals surface area contributed by atoms with E-state index in [2.05, 4.69) is 10.00 Å². The summed E-state index contributed by atoms with van der Waals surface area (Å²) in [5.41, 5.74) is 3.20. The van der Waals surface area contributed by atoms with E-state index in [1.165, 1.54) is 5.56 Å². The average Bonchev–Trinajstić information content (AvgIpc) is 3.05. The lowest BCUT2D eigenvalue weighted by Gasteiger charge is -2.34. The Morgan fingerprint density at radius 1 is 0.933 bits per heavy atom. The SMILES string of the molecule is Cc1nn(-c2ccccc2)c(C)c1S(=O)(=O)N1CCN(Cc2ccc(Cl)cc2)CC1. The number of sulfonamides is 1. The molecule has 158 valence electrons. The zero-order chi connectivity index (χ0) is 21.3. The van der Waals surface area contributed by atoms with Crippen molar-refractivity contribution in [1.82, 2.24) is 19.0 Å². The van der Waals surface area contributed by atoms with Gasteiger partial charge in [0.2, 0.25) is 10.0 Å². The van der Waals surface area contributed by atoms with Gasteiger partial charge in [-0.1, -0.05) is 41.9 Å². The summed E-state index contributed by atoms with van der Waals surface area (Å²) in [6, 6.07) is 17.4. The minimum atomic E-state index is -3.61. The molecule has 0 bridgehead atoms. The number of hydrogen-bond donors (Lipinski definition) is 0. The van der Waals surface area contributed by atoms with Gasteiger partial charge in [-0.3, -0.25) is 4.90 Å². The van der Waals surface area contributed by atoms with Gasteiger partial charge in [0.25, 0.3) is 0 Å². The Morgan fingerprint density at radius 3 is 2.20 bits per heavy atom. The van der Waals surface area contributed by atoms with Crippen LogP contribution in [-0.4, -0.2) is 53.6 Å². The van der Waals surface area contributed by atoms with Crippen molar-refractivity contribution in [3.05, 3.63) is 76.6 Å². The van der Waals surface area contributed by atoms with Gasteiger partial charge in [-0.15, -0.1) is 0 Å². The second-order valence-corrected chi connectivity index (χ2v) is 9.87. The third-order valence-electron chi connectivity index (χ3n) is 5.47. The molecule has 1 saturated heterocycles. The van der Waals surface area contributed by atoms with Gasteiger partial charge in [0.15, 0.2) is 0 Å². The first-order chi connectivity index (χ1) is 14.4. The van der Waals surface area contributed by atoms with Crippen molar-refractivity contribution in [3.8, 4) is 5.69 Å². The van der Waals surface area contributed by atoms with E-state index in [9.17, 15) is 8.42 Å². The van der Waals surface area contributed by atoms with Crippen LogP contribution in [-0.2, 0) is 16.6 Å². The molecular weight excluding hydrogens is 420 g/mol. The minimum Gasteiger partial charge on any atom is -0.296 e. The Labute approximate surface area is 182 Å². The van der Waals surface area contributed by atoms with Crippen molar-refractivity contribution in [2.45, 2.75) is 25.3 Å². The normalized spacial score (nSPS) is 16.1. The van der Waals surface area contributed by atoms with Gasteiger partial charge in [-0.25, -0.2) is 13.1 Å². The van der Waals surface area contributed by atoms with Crippen LogP contribution >= 0.6 is 11.6 Å². The number of rotatable bonds is 5. The summed E-state index contributed by atoms with van der Waals surface area (Å²) >= 11 is 5.95. The summed E-state index contributed by atoms with van der Waals surface area (Å²) in [4.78, 5) is 2.58. The predicted octanol–water partition coefficient (Wildman–Crippen LogP) is 3.65. The molecule has 0 unspecified atom stereocenters. The lowest BCUT2D eigenvalue weighted by molar-refractivity contribution is 0.181. The largest absolute Gasteiger partial charge is 0.296 e. The Hall–Kier alpha value is -2.19. The molecule has 2 heterocycles. The highest BCUT2D eigenvalue weighted by atomic mass is 35.5. The van der Waals surface area contributed by atoms with Crippen molar-refractivity contribution in [3.63, 3.8) is 0 Å². The van der Waals surface area contributed by atoms with E-state index in [4.69, 9.17) is 11.6 Å². The molecule has 1 aromatic heterocycles. The number of piperazine rings is 1. The first-order valence-corrected chi connectivity index (χ1v) is 11.8. The molecule has 30 heavy (non-hydrogen) atoms. The van der Waals surface area contributed by atoms with E-state index in [0.29, 0.717) is 42.5 Å². The molecular formula is C22H25ClN4O2S. The van der Waals surface area contributed by atoms with Gasteiger partial charge in [-0.2, -0.15) is 9.40 Å². The fourth-order valence-corrected chi connectivity index (χ4v) is 5.83. The van der Waals surface area contributed by atoms with Crippen LogP contribution in [0.15, 0.2) is 59.5 Å². The number of hydrogen-bond acceptors (Lipinski definition) is 4. The Balaban J connectivity index is 1.50. The van der Waals surface area contributed by atoms with Gasteiger partial charge in [-0.05, 0) is 43.7 Å². The Kier molecular flexibility index (Phi) is 5.97. The number of halogens is 1. The maximum Gasteiger partial charge on any atom is 0.246 e. The second-order valence-electron chi connectivity index (χ2n) is 7.55. The molecule has 1 aliphatic heterocycles. The maximum absolute atomic E-state index is 13.4.